The average molecular weight is 412 g/mol. The van der Waals surface area contributed by atoms with E-state index in [0.29, 0.717) is 6.54 Å². The van der Waals surface area contributed by atoms with E-state index in [0.717, 1.165) is 54.6 Å². The number of benzene rings is 2. The number of likely N-dealkylation sites (N-methyl/N-ethyl adjacent to an activating group) is 1. The molecule has 6 nitrogen and oxygen atoms in total. The Kier molecular flexibility index (Phi) is 7.34. The number of nitrogens with one attached hydrogen (secondary N) is 1. The van der Waals surface area contributed by atoms with Crippen LogP contribution >= 0.6 is 0 Å². The quantitative estimate of drug-likeness (QED) is 0.754. The molecule has 1 heterocycles. The number of carbonyl (C=O) groups excluding carboxylic acids is 1. The van der Waals surface area contributed by atoms with Crippen molar-refractivity contribution < 1.29 is 14.3 Å². The van der Waals surface area contributed by atoms with E-state index in [1.165, 1.54) is 5.56 Å². The third-order valence-electron chi connectivity index (χ3n) is 5.71. The second-order valence-corrected chi connectivity index (χ2v) is 7.99. The number of morpholine rings is 1. The van der Waals surface area contributed by atoms with Gasteiger partial charge < -0.3 is 19.7 Å². The number of hydrogen-bond acceptors (Lipinski definition) is 5. The zero-order chi connectivity index (χ0) is 21.7. The Balaban J connectivity index is 1.58. The number of ether oxygens (including phenoxy) is 2. The van der Waals surface area contributed by atoms with Crippen LogP contribution in [0.5, 0.6) is 5.75 Å². The first-order chi connectivity index (χ1) is 14.4. The van der Waals surface area contributed by atoms with Crippen molar-refractivity contribution in [3.8, 4) is 5.75 Å². The van der Waals surface area contributed by atoms with Crippen molar-refractivity contribution in [1.29, 1.82) is 0 Å². The molecule has 1 saturated heterocycles. The minimum atomic E-state index is -0.258. The zero-order valence-electron chi connectivity index (χ0n) is 18.7. The van der Waals surface area contributed by atoms with Gasteiger partial charge in [-0.3, -0.25) is 9.69 Å². The summed E-state index contributed by atoms with van der Waals surface area (Å²) >= 11 is 0. The van der Waals surface area contributed by atoms with Crippen molar-refractivity contribution in [2.75, 3.05) is 50.7 Å². The molecule has 0 spiro atoms. The van der Waals surface area contributed by atoms with Gasteiger partial charge in [0.25, 0.3) is 0 Å². The Labute approximate surface area is 179 Å². The molecule has 0 aliphatic carbocycles. The Morgan fingerprint density at radius 2 is 1.77 bits per heavy atom. The van der Waals surface area contributed by atoms with Crippen LogP contribution < -0.4 is 15.0 Å². The Morgan fingerprint density at radius 1 is 1.17 bits per heavy atom. The highest BCUT2D eigenvalue weighted by molar-refractivity contribution is 5.94. The van der Waals surface area contributed by atoms with E-state index in [2.05, 4.69) is 39.4 Å². The summed E-state index contributed by atoms with van der Waals surface area (Å²) in [5.74, 6) is 0.909. The van der Waals surface area contributed by atoms with Gasteiger partial charge in [-0.25, -0.2) is 0 Å². The summed E-state index contributed by atoms with van der Waals surface area (Å²) in [7, 11) is 3.67. The lowest BCUT2D eigenvalue weighted by Crippen LogP contribution is -2.39. The highest BCUT2D eigenvalue weighted by Gasteiger charge is 2.19. The van der Waals surface area contributed by atoms with Crippen LogP contribution in [0.3, 0.4) is 0 Å². The summed E-state index contributed by atoms with van der Waals surface area (Å²) in [6.45, 7) is 10.0. The average Bonchev–Trinajstić information content (AvgIpc) is 2.74. The van der Waals surface area contributed by atoms with Crippen molar-refractivity contribution in [2.24, 2.45) is 0 Å². The van der Waals surface area contributed by atoms with Crippen LogP contribution in [0.4, 0.5) is 11.4 Å². The maximum atomic E-state index is 12.8. The number of aryl methyl sites for hydroxylation is 2. The molecule has 1 fully saturated rings. The molecular formula is C24H33N3O3. The summed E-state index contributed by atoms with van der Waals surface area (Å²) in [4.78, 5) is 17.1. The fourth-order valence-electron chi connectivity index (χ4n) is 3.90. The van der Waals surface area contributed by atoms with Gasteiger partial charge in [0.05, 0.1) is 26.4 Å². The molecular weight excluding hydrogens is 378 g/mol. The van der Waals surface area contributed by atoms with Crippen LogP contribution in [0.1, 0.15) is 23.6 Å². The van der Waals surface area contributed by atoms with Gasteiger partial charge >= 0.3 is 0 Å². The smallest absolute Gasteiger partial charge is 0.241 e. The number of rotatable bonds is 7. The predicted octanol–water partition coefficient (Wildman–Crippen LogP) is 3.61. The Hall–Kier alpha value is -2.57. The second-order valence-electron chi connectivity index (χ2n) is 7.99. The fraction of sp³-hybridized carbons (Fsp3) is 0.458. The maximum absolute atomic E-state index is 12.8. The van der Waals surface area contributed by atoms with Gasteiger partial charge in [-0.1, -0.05) is 12.1 Å². The minimum Gasteiger partial charge on any atom is -0.496 e. The van der Waals surface area contributed by atoms with Gasteiger partial charge in [-0.05, 0) is 68.8 Å². The summed E-state index contributed by atoms with van der Waals surface area (Å²) in [5, 5.41) is 3.04. The first-order valence-corrected chi connectivity index (χ1v) is 10.5. The number of hydrogen-bond donors (Lipinski definition) is 1. The van der Waals surface area contributed by atoms with E-state index in [1.54, 1.807) is 7.11 Å². The van der Waals surface area contributed by atoms with Crippen molar-refractivity contribution >= 4 is 17.3 Å². The molecule has 3 rings (SSSR count). The summed E-state index contributed by atoms with van der Waals surface area (Å²) in [6, 6.07) is 12.0. The molecule has 0 aromatic heterocycles. The molecule has 2 aromatic carbocycles. The highest BCUT2D eigenvalue weighted by Crippen LogP contribution is 2.25. The van der Waals surface area contributed by atoms with E-state index in [-0.39, 0.29) is 11.9 Å². The molecule has 1 amide bonds. The molecule has 1 unspecified atom stereocenters. The standard InChI is InChI=1S/C24H33N3O3/c1-17-14-20(15-18(2)23(17)29-5)16-26(4)19(3)24(28)25-21-6-8-22(9-7-21)27-10-12-30-13-11-27/h6-9,14-15,19H,10-13,16H2,1-5H3,(H,25,28). The van der Waals surface area contributed by atoms with Gasteiger partial charge in [-0.15, -0.1) is 0 Å². The predicted molar refractivity (Wildman–Crippen MR) is 122 cm³/mol. The highest BCUT2D eigenvalue weighted by atomic mass is 16.5. The zero-order valence-corrected chi connectivity index (χ0v) is 18.7. The fourth-order valence-corrected chi connectivity index (χ4v) is 3.90. The number of carbonyl (C=O) groups is 1. The van der Waals surface area contributed by atoms with Crippen molar-refractivity contribution in [3.05, 3.63) is 53.1 Å². The topological polar surface area (TPSA) is 54.0 Å². The summed E-state index contributed by atoms with van der Waals surface area (Å²) < 4.78 is 10.9. The molecule has 0 saturated carbocycles. The molecule has 1 atom stereocenters. The third-order valence-corrected chi connectivity index (χ3v) is 5.71. The Bertz CT molecular complexity index is 837. The number of anilines is 2. The van der Waals surface area contributed by atoms with E-state index < -0.39 is 0 Å². The van der Waals surface area contributed by atoms with E-state index >= 15 is 0 Å². The van der Waals surface area contributed by atoms with Crippen LogP contribution in [0.25, 0.3) is 0 Å². The van der Waals surface area contributed by atoms with E-state index in [9.17, 15) is 4.79 Å². The monoisotopic (exact) mass is 411 g/mol. The van der Waals surface area contributed by atoms with Crippen LogP contribution in [-0.4, -0.2) is 57.3 Å². The largest absolute Gasteiger partial charge is 0.496 e. The minimum absolute atomic E-state index is 0.0152. The summed E-state index contributed by atoms with van der Waals surface area (Å²) in [6.07, 6.45) is 0. The summed E-state index contributed by atoms with van der Waals surface area (Å²) in [5.41, 5.74) is 5.36. The van der Waals surface area contributed by atoms with Gasteiger partial charge in [-0.2, -0.15) is 0 Å². The van der Waals surface area contributed by atoms with Crippen LogP contribution in [-0.2, 0) is 16.1 Å². The van der Waals surface area contributed by atoms with E-state index in [1.807, 2.05) is 40.0 Å². The van der Waals surface area contributed by atoms with Gasteiger partial charge in [0, 0.05) is 31.0 Å². The molecule has 6 heteroatoms. The molecule has 2 aromatic rings. The molecule has 1 aliphatic heterocycles. The van der Waals surface area contributed by atoms with Crippen molar-refractivity contribution in [2.45, 2.75) is 33.4 Å². The maximum Gasteiger partial charge on any atom is 0.241 e. The van der Waals surface area contributed by atoms with Crippen LogP contribution in [0.2, 0.25) is 0 Å². The molecule has 0 bridgehead atoms. The first-order valence-electron chi connectivity index (χ1n) is 10.5. The van der Waals surface area contributed by atoms with Crippen molar-refractivity contribution in [1.82, 2.24) is 4.90 Å². The lowest BCUT2D eigenvalue weighted by Gasteiger charge is -2.29. The van der Waals surface area contributed by atoms with Crippen LogP contribution in [0.15, 0.2) is 36.4 Å². The van der Waals surface area contributed by atoms with Gasteiger partial charge in [0.15, 0.2) is 0 Å². The Morgan fingerprint density at radius 3 is 2.33 bits per heavy atom. The first kappa shape index (κ1) is 22.1. The SMILES string of the molecule is COc1c(C)cc(CN(C)C(C)C(=O)Nc2ccc(N3CCOCC3)cc2)cc1C. The van der Waals surface area contributed by atoms with Crippen LogP contribution in [0, 0.1) is 13.8 Å². The number of amides is 1. The van der Waals surface area contributed by atoms with Gasteiger partial charge in [0.1, 0.15) is 5.75 Å². The molecule has 1 N–H and O–H groups in total. The lowest BCUT2D eigenvalue weighted by atomic mass is 10.0. The lowest BCUT2D eigenvalue weighted by molar-refractivity contribution is -0.120. The molecule has 30 heavy (non-hydrogen) atoms. The third kappa shape index (κ3) is 5.32. The van der Waals surface area contributed by atoms with Crippen molar-refractivity contribution in [3.63, 3.8) is 0 Å². The normalized spacial score (nSPS) is 15.2. The molecule has 1 aliphatic rings. The molecule has 0 radical (unpaired) electrons. The van der Waals surface area contributed by atoms with Gasteiger partial charge in [0.2, 0.25) is 5.91 Å². The van der Waals surface area contributed by atoms with E-state index in [4.69, 9.17) is 9.47 Å². The number of nitrogens with zero attached hydrogens (tertiary/aromatic N) is 2. The number of methoxy groups -OCH3 is 1. The molecule has 162 valence electrons. The second kappa shape index (κ2) is 9.96.